The van der Waals surface area contributed by atoms with E-state index in [4.69, 9.17) is 24.4 Å². The van der Waals surface area contributed by atoms with E-state index in [9.17, 15) is 14.7 Å². The highest BCUT2D eigenvalue weighted by atomic mass is 16.7. The number of aliphatic carboxylic acids is 1. The molecule has 11 heteroatoms. The van der Waals surface area contributed by atoms with Crippen molar-refractivity contribution in [3.05, 3.63) is 36.0 Å². The molecule has 1 aromatic heterocycles. The minimum atomic E-state index is -0.912. The van der Waals surface area contributed by atoms with Crippen molar-refractivity contribution in [2.75, 3.05) is 46.6 Å². The summed E-state index contributed by atoms with van der Waals surface area (Å²) in [7, 11) is 1.54. The van der Waals surface area contributed by atoms with Gasteiger partial charge < -0.3 is 34.4 Å². The number of hydrogen-bond acceptors (Lipinski definition) is 9. The molecular weight excluding hydrogens is 492 g/mol. The van der Waals surface area contributed by atoms with Gasteiger partial charge in [-0.1, -0.05) is 13.3 Å². The maximum Gasteiger partial charge on any atom is 0.308 e. The summed E-state index contributed by atoms with van der Waals surface area (Å²) in [6.45, 7) is 4.47. The lowest BCUT2D eigenvalue weighted by molar-refractivity contribution is -0.143. The second-order valence-electron chi connectivity index (χ2n) is 9.77. The zero-order valence-electron chi connectivity index (χ0n) is 22.1. The summed E-state index contributed by atoms with van der Waals surface area (Å²) in [5, 5.41) is 10.4. The Morgan fingerprint density at radius 1 is 1.26 bits per heavy atom. The van der Waals surface area contributed by atoms with Gasteiger partial charge in [-0.05, 0) is 43.5 Å². The molecule has 0 bridgehead atoms. The summed E-state index contributed by atoms with van der Waals surface area (Å²) in [6.07, 6.45) is 6.64. The number of carboxylic acids is 1. The molecule has 0 saturated carbocycles. The Kier molecular flexibility index (Phi) is 9.46. The number of nitrogens with zero attached hydrogens (tertiary/aromatic N) is 3. The van der Waals surface area contributed by atoms with Crippen LogP contribution in [0.1, 0.15) is 50.0 Å². The third-order valence-corrected chi connectivity index (χ3v) is 7.38. The van der Waals surface area contributed by atoms with Gasteiger partial charge in [0.25, 0.3) is 0 Å². The number of likely N-dealkylation sites (tertiary alicyclic amines) is 1. The zero-order valence-corrected chi connectivity index (χ0v) is 22.1. The van der Waals surface area contributed by atoms with Crippen molar-refractivity contribution in [3.8, 4) is 17.2 Å². The summed E-state index contributed by atoms with van der Waals surface area (Å²) < 4.78 is 22.1. The number of carbonyl (C=O) groups excluding carboxylic acids is 1. The van der Waals surface area contributed by atoms with E-state index in [2.05, 4.69) is 11.9 Å². The van der Waals surface area contributed by atoms with Gasteiger partial charge in [0, 0.05) is 38.0 Å². The fourth-order valence-corrected chi connectivity index (χ4v) is 5.47. The minimum Gasteiger partial charge on any atom is -0.493 e. The lowest BCUT2D eigenvalue weighted by Crippen LogP contribution is -2.45. The van der Waals surface area contributed by atoms with Gasteiger partial charge in [0.2, 0.25) is 18.4 Å². The molecule has 2 aliphatic rings. The number of benzene rings is 1. The van der Waals surface area contributed by atoms with Crippen molar-refractivity contribution < 1.29 is 33.3 Å². The van der Waals surface area contributed by atoms with Gasteiger partial charge in [0.05, 0.1) is 25.8 Å². The monoisotopic (exact) mass is 530 g/mol. The van der Waals surface area contributed by atoms with Crippen LogP contribution in [0, 0.1) is 5.92 Å². The predicted molar refractivity (Wildman–Crippen MR) is 138 cm³/mol. The molecule has 3 N–H and O–H groups in total. The molecule has 1 unspecified atom stereocenters. The number of fused-ring (bicyclic) bond motifs is 1. The van der Waals surface area contributed by atoms with E-state index in [-0.39, 0.29) is 25.2 Å². The van der Waals surface area contributed by atoms with Crippen LogP contribution in [0.2, 0.25) is 0 Å². The van der Waals surface area contributed by atoms with Gasteiger partial charge in [0.1, 0.15) is 6.26 Å². The molecule has 0 spiro atoms. The first-order chi connectivity index (χ1) is 18.5. The van der Waals surface area contributed by atoms with Crippen LogP contribution >= 0.6 is 0 Å². The van der Waals surface area contributed by atoms with E-state index in [1.807, 2.05) is 21.9 Å². The first-order valence-electron chi connectivity index (χ1n) is 13.3. The van der Waals surface area contributed by atoms with Gasteiger partial charge >= 0.3 is 5.97 Å². The largest absolute Gasteiger partial charge is 0.493 e. The number of aryl methyl sites for hydroxylation is 1. The lowest BCUT2D eigenvalue weighted by atomic mass is 9.83. The number of aromatic nitrogens is 1. The van der Waals surface area contributed by atoms with Gasteiger partial charge in [-0.15, -0.1) is 0 Å². The summed E-state index contributed by atoms with van der Waals surface area (Å²) in [5.74, 6) is 0.0222. The van der Waals surface area contributed by atoms with E-state index >= 15 is 0 Å². The van der Waals surface area contributed by atoms with Crippen LogP contribution in [0.5, 0.6) is 17.2 Å². The molecule has 11 nitrogen and oxygen atoms in total. The molecule has 1 saturated heterocycles. The highest BCUT2D eigenvalue weighted by Gasteiger charge is 2.47. The van der Waals surface area contributed by atoms with Gasteiger partial charge in [-0.25, -0.2) is 4.98 Å². The average molecular weight is 531 g/mol. The molecule has 0 radical (unpaired) electrons. The van der Waals surface area contributed by atoms with Crippen LogP contribution in [0.4, 0.5) is 0 Å². The van der Waals surface area contributed by atoms with E-state index < -0.39 is 17.9 Å². The number of amides is 1. The Hall–Kier alpha value is -3.31. The van der Waals surface area contributed by atoms with E-state index in [0.717, 1.165) is 24.8 Å². The van der Waals surface area contributed by atoms with Crippen molar-refractivity contribution >= 4 is 11.9 Å². The quantitative estimate of drug-likeness (QED) is 0.374. The van der Waals surface area contributed by atoms with Crippen molar-refractivity contribution in [1.29, 1.82) is 0 Å². The third kappa shape index (κ3) is 6.21. The van der Waals surface area contributed by atoms with Crippen LogP contribution in [0.15, 0.2) is 29.0 Å². The summed E-state index contributed by atoms with van der Waals surface area (Å²) >= 11 is 0. The molecule has 4 rings (SSSR count). The van der Waals surface area contributed by atoms with Gasteiger partial charge in [0.15, 0.2) is 17.4 Å². The Morgan fingerprint density at radius 3 is 2.76 bits per heavy atom. The predicted octanol–water partition coefficient (Wildman–Crippen LogP) is 2.49. The number of unbranched alkanes of at least 4 members (excludes halogenated alkanes) is 1. The highest BCUT2D eigenvalue weighted by molar-refractivity contribution is 5.79. The summed E-state index contributed by atoms with van der Waals surface area (Å²) in [6, 6.07) is 3.25. The normalized spacial score (nSPS) is 20.6. The van der Waals surface area contributed by atoms with E-state index in [1.54, 1.807) is 13.3 Å². The standard InChI is InChI=1S/C27H38N4O7/c1-3-4-10-30(11-5-8-28)24(32)16-31-15-19(18-13-21(35-2)26-22(14-18)37-17-38-26)25(27(33)34)20(31)6-7-23-29-9-12-36-23/h9,12-14,19-20,25H,3-8,10-11,15-17,28H2,1-2H3,(H,33,34)/t19-,20+,25?/m1/s1. The van der Waals surface area contributed by atoms with Crippen LogP contribution in [-0.4, -0.2) is 84.4 Å². The fraction of sp³-hybridized carbons (Fsp3) is 0.593. The number of nitrogens with two attached hydrogens (primary N) is 1. The van der Waals surface area contributed by atoms with E-state index in [0.29, 0.717) is 62.2 Å². The molecule has 3 atom stereocenters. The molecule has 1 fully saturated rings. The van der Waals surface area contributed by atoms with Gasteiger partial charge in [-0.2, -0.15) is 0 Å². The minimum absolute atomic E-state index is 0.0129. The van der Waals surface area contributed by atoms with Crippen LogP contribution in [0.25, 0.3) is 0 Å². The topological polar surface area (TPSA) is 141 Å². The second-order valence-corrected chi connectivity index (χ2v) is 9.77. The number of carboxylic acid groups (broad SMARTS) is 1. The maximum absolute atomic E-state index is 13.5. The Balaban J connectivity index is 1.62. The Labute approximate surface area is 222 Å². The van der Waals surface area contributed by atoms with E-state index in [1.165, 1.54) is 6.26 Å². The molecule has 0 aliphatic carbocycles. The highest BCUT2D eigenvalue weighted by Crippen LogP contribution is 2.47. The second kappa shape index (κ2) is 13.0. The van der Waals surface area contributed by atoms with Crippen molar-refractivity contribution in [2.24, 2.45) is 11.7 Å². The number of carbonyl (C=O) groups is 2. The molecule has 2 aliphatic heterocycles. The Morgan fingerprint density at radius 2 is 2.08 bits per heavy atom. The third-order valence-electron chi connectivity index (χ3n) is 7.38. The zero-order chi connectivity index (χ0) is 27.1. The molecule has 38 heavy (non-hydrogen) atoms. The van der Waals surface area contributed by atoms with Crippen molar-refractivity contribution in [2.45, 2.75) is 51.0 Å². The number of rotatable bonds is 14. The van der Waals surface area contributed by atoms with Crippen LogP contribution in [-0.2, 0) is 16.0 Å². The average Bonchev–Trinajstić information content (AvgIpc) is 3.67. The molecule has 3 heterocycles. The first-order valence-corrected chi connectivity index (χ1v) is 13.3. The number of ether oxygens (including phenoxy) is 3. The van der Waals surface area contributed by atoms with Crippen molar-refractivity contribution in [1.82, 2.24) is 14.8 Å². The number of oxazole rings is 1. The maximum atomic E-state index is 13.5. The van der Waals surface area contributed by atoms with Crippen molar-refractivity contribution in [3.63, 3.8) is 0 Å². The fourth-order valence-electron chi connectivity index (χ4n) is 5.47. The lowest BCUT2D eigenvalue weighted by Gasteiger charge is -2.29. The molecule has 1 amide bonds. The Bertz CT molecular complexity index is 1070. The number of methoxy groups -OCH3 is 1. The van der Waals surface area contributed by atoms with Crippen LogP contribution in [0.3, 0.4) is 0 Å². The van der Waals surface area contributed by atoms with Gasteiger partial charge in [-0.3, -0.25) is 14.5 Å². The molecular formula is C27H38N4O7. The van der Waals surface area contributed by atoms with Crippen LogP contribution < -0.4 is 19.9 Å². The molecule has 208 valence electrons. The molecule has 1 aromatic carbocycles. The molecule has 2 aromatic rings. The summed E-state index contributed by atoms with van der Waals surface area (Å²) in [5.41, 5.74) is 6.49. The first kappa shape index (κ1) is 27.7. The SMILES string of the molecule is CCCCN(CCCN)C(=O)CN1C[C@H](c2cc(OC)c3c(c2)OCO3)C(C(=O)O)[C@@H]1CCc1ncco1. The smallest absolute Gasteiger partial charge is 0.308 e. The number of hydrogen-bond donors (Lipinski definition) is 2. The summed E-state index contributed by atoms with van der Waals surface area (Å²) in [4.78, 5) is 34.3.